The van der Waals surface area contributed by atoms with Gasteiger partial charge in [-0.15, -0.1) is 0 Å². The first kappa shape index (κ1) is 17.4. The molecule has 0 bridgehead atoms. The summed E-state index contributed by atoms with van der Waals surface area (Å²) in [6, 6.07) is 9.61. The smallest absolute Gasteiger partial charge is 0.261 e. The normalized spacial score (nSPS) is 11.6. The minimum atomic E-state index is -3.96. The van der Waals surface area contributed by atoms with Crippen molar-refractivity contribution in [3.05, 3.63) is 72.1 Å². The van der Waals surface area contributed by atoms with Gasteiger partial charge < -0.3 is 4.42 Å². The highest BCUT2D eigenvalue weighted by Gasteiger charge is 2.18. The van der Waals surface area contributed by atoms with Gasteiger partial charge in [-0.05, 0) is 42.5 Å². The van der Waals surface area contributed by atoms with Gasteiger partial charge in [0.05, 0.1) is 10.6 Å². The maximum absolute atomic E-state index is 13.0. The Morgan fingerprint density at radius 1 is 1.11 bits per heavy atom. The molecule has 1 aromatic carbocycles. The van der Waals surface area contributed by atoms with Crippen molar-refractivity contribution >= 4 is 38.4 Å². The van der Waals surface area contributed by atoms with Crippen molar-refractivity contribution in [1.82, 2.24) is 9.97 Å². The molecule has 0 saturated heterocycles. The van der Waals surface area contributed by atoms with E-state index >= 15 is 0 Å². The van der Waals surface area contributed by atoms with E-state index in [2.05, 4.69) is 14.7 Å². The zero-order valence-electron chi connectivity index (χ0n) is 13.6. The molecule has 1 N–H and O–H groups in total. The Bertz CT molecular complexity index is 1240. The largest absolute Gasteiger partial charge is 0.445 e. The molecule has 0 atom stereocenters. The van der Waals surface area contributed by atoms with Crippen LogP contribution in [0.15, 0.2) is 70.4 Å². The Morgan fingerprint density at radius 3 is 2.67 bits per heavy atom. The van der Waals surface area contributed by atoms with E-state index in [-0.39, 0.29) is 15.7 Å². The van der Waals surface area contributed by atoms with Crippen molar-refractivity contribution < 1.29 is 17.2 Å². The van der Waals surface area contributed by atoms with Crippen LogP contribution in [-0.2, 0) is 10.0 Å². The van der Waals surface area contributed by atoms with E-state index in [1.54, 1.807) is 18.3 Å². The molecule has 27 heavy (non-hydrogen) atoms. The first-order valence-corrected chi connectivity index (χ1v) is 9.57. The number of sulfonamides is 1. The van der Waals surface area contributed by atoms with E-state index in [4.69, 9.17) is 16.0 Å². The summed E-state index contributed by atoms with van der Waals surface area (Å²) < 4.78 is 45.9. The quantitative estimate of drug-likeness (QED) is 0.508. The van der Waals surface area contributed by atoms with Gasteiger partial charge in [-0.1, -0.05) is 11.6 Å². The van der Waals surface area contributed by atoms with Crippen molar-refractivity contribution in [1.29, 1.82) is 0 Å². The third-order valence-corrected chi connectivity index (χ3v) is 5.55. The second-order valence-corrected chi connectivity index (χ2v) is 7.67. The van der Waals surface area contributed by atoms with E-state index in [0.717, 1.165) is 29.7 Å². The van der Waals surface area contributed by atoms with Gasteiger partial charge in [-0.2, -0.15) is 0 Å². The summed E-state index contributed by atoms with van der Waals surface area (Å²) in [5, 5.41) is 0.740. The number of halogens is 2. The monoisotopic (exact) mass is 403 g/mol. The van der Waals surface area contributed by atoms with E-state index in [1.807, 2.05) is 6.07 Å². The van der Waals surface area contributed by atoms with Gasteiger partial charge in [0.1, 0.15) is 12.1 Å². The second-order valence-electron chi connectivity index (χ2n) is 5.63. The number of pyridine rings is 2. The molecule has 0 fully saturated rings. The van der Waals surface area contributed by atoms with Crippen LogP contribution < -0.4 is 4.72 Å². The Morgan fingerprint density at radius 2 is 1.89 bits per heavy atom. The molecule has 136 valence electrons. The molecule has 3 heterocycles. The summed E-state index contributed by atoms with van der Waals surface area (Å²) in [5.41, 5.74) is 1.85. The molecule has 3 aromatic heterocycles. The molecular weight excluding hydrogens is 393 g/mol. The molecule has 0 radical (unpaired) electrons. The van der Waals surface area contributed by atoms with Gasteiger partial charge in [-0.25, -0.2) is 22.8 Å². The molecule has 4 aromatic rings. The Balaban J connectivity index is 1.74. The second kappa shape index (κ2) is 6.64. The number of hydrogen-bond donors (Lipinski definition) is 1. The van der Waals surface area contributed by atoms with E-state index in [0.29, 0.717) is 16.8 Å². The van der Waals surface area contributed by atoms with Crippen LogP contribution in [0.5, 0.6) is 0 Å². The highest BCUT2D eigenvalue weighted by atomic mass is 35.5. The fourth-order valence-corrected chi connectivity index (χ4v) is 3.84. The standard InChI is InChI=1S/C18H11ClFN3O3S/c19-17-16(23-27(24,25)13-5-3-12(20)4-6-13)8-11(9-22-17)15-10-26-18-14(15)2-1-7-21-18/h1-10,23H. The van der Waals surface area contributed by atoms with Gasteiger partial charge in [0.25, 0.3) is 10.0 Å². The van der Waals surface area contributed by atoms with Crippen LogP contribution in [0.4, 0.5) is 10.1 Å². The van der Waals surface area contributed by atoms with Crippen LogP contribution in [0.1, 0.15) is 0 Å². The molecule has 6 nitrogen and oxygen atoms in total. The lowest BCUT2D eigenvalue weighted by Gasteiger charge is -2.10. The molecule has 4 rings (SSSR count). The van der Waals surface area contributed by atoms with Gasteiger partial charge in [0, 0.05) is 28.9 Å². The van der Waals surface area contributed by atoms with E-state index < -0.39 is 15.8 Å². The van der Waals surface area contributed by atoms with Crippen LogP contribution in [0.25, 0.3) is 22.2 Å². The molecule has 0 aliphatic carbocycles. The summed E-state index contributed by atoms with van der Waals surface area (Å²) in [5.74, 6) is -0.531. The molecule has 9 heteroatoms. The Kier molecular flexibility index (Phi) is 4.29. The molecule has 0 aliphatic rings. The Hall–Kier alpha value is -2.97. The lowest BCUT2D eigenvalue weighted by Crippen LogP contribution is -2.13. The average Bonchev–Trinajstić information content (AvgIpc) is 3.08. The number of nitrogens with zero attached hydrogens (tertiary/aromatic N) is 2. The van der Waals surface area contributed by atoms with Crippen LogP contribution >= 0.6 is 11.6 Å². The van der Waals surface area contributed by atoms with Crippen molar-refractivity contribution in [3.63, 3.8) is 0 Å². The maximum atomic E-state index is 13.0. The fraction of sp³-hybridized carbons (Fsp3) is 0. The summed E-state index contributed by atoms with van der Waals surface area (Å²) in [6.45, 7) is 0. The predicted octanol–water partition coefficient (Wildman–Crippen LogP) is 4.48. The number of fused-ring (bicyclic) bond motifs is 1. The Labute approximate surface area is 158 Å². The lowest BCUT2D eigenvalue weighted by molar-refractivity contribution is 0.599. The van der Waals surface area contributed by atoms with Crippen molar-refractivity contribution in [3.8, 4) is 11.1 Å². The number of nitrogens with one attached hydrogen (secondary N) is 1. The van der Waals surface area contributed by atoms with Gasteiger partial charge in [0.2, 0.25) is 5.71 Å². The summed E-state index contributed by atoms with van der Waals surface area (Å²) in [6.07, 6.45) is 4.63. The number of hydrogen-bond acceptors (Lipinski definition) is 5. The average molecular weight is 404 g/mol. The van der Waals surface area contributed by atoms with Gasteiger partial charge >= 0.3 is 0 Å². The summed E-state index contributed by atoms with van der Waals surface area (Å²) in [7, 11) is -3.96. The summed E-state index contributed by atoms with van der Waals surface area (Å²) >= 11 is 6.06. The fourth-order valence-electron chi connectivity index (χ4n) is 2.58. The molecule has 0 amide bonds. The molecule has 0 saturated carbocycles. The summed E-state index contributed by atoms with van der Waals surface area (Å²) in [4.78, 5) is 8.07. The maximum Gasteiger partial charge on any atom is 0.261 e. The van der Waals surface area contributed by atoms with Crippen LogP contribution in [0, 0.1) is 5.82 Å². The number of anilines is 1. The van der Waals surface area contributed by atoms with E-state index in [1.165, 1.54) is 12.5 Å². The molecule has 0 aliphatic heterocycles. The van der Waals surface area contributed by atoms with Crippen molar-refractivity contribution in [2.75, 3.05) is 4.72 Å². The first-order chi connectivity index (χ1) is 12.9. The van der Waals surface area contributed by atoms with Gasteiger partial charge in [-0.3, -0.25) is 4.72 Å². The van der Waals surface area contributed by atoms with E-state index in [9.17, 15) is 12.8 Å². The number of aromatic nitrogens is 2. The van der Waals surface area contributed by atoms with Crippen LogP contribution in [0.2, 0.25) is 5.15 Å². The zero-order valence-corrected chi connectivity index (χ0v) is 15.1. The van der Waals surface area contributed by atoms with Crippen LogP contribution in [-0.4, -0.2) is 18.4 Å². The minimum absolute atomic E-state index is 0.0182. The highest BCUT2D eigenvalue weighted by molar-refractivity contribution is 7.92. The third kappa shape index (κ3) is 3.36. The van der Waals surface area contributed by atoms with Gasteiger partial charge in [0.15, 0.2) is 5.15 Å². The number of furan rings is 1. The van der Waals surface area contributed by atoms with Crippen LogP contribution in [0.3, 0.4) is 0 Å². The zero-order chi connectivity index (χ0) is 19.0. The first-order valence-electron chi connectivity index (χ1n) is 7.70. The third-order valence-electron chi connectivity index (χ3n) is 3.87. The molecule has 0 spiro atoms. The topological polar surface area (TPSA) is 85.1 Å². The predicted molar refractivity (Wildman–Crippen MR) is 99.5 cm³/mol. The van der Waals surface area contributed by atoms with Crippen molar-refractivity contribution in [2.24, 2.45) is 0 Å². The number of benzene rings is 1. The minimum Gasteiger partial charge on any atom is -0.445 e. The van der Waals surface area contributed by atoms with Crippen molar-refractivity contribution in [2.45, 2.75) is 4.90 Å². The highest BCUT2D eigenvalue weighted by Crippen LogP contribution is 2.33. The SMILES string of the molecule is O=S(=O)(Nc1cc(-c2coc3ncccc23)cnc1Cl)c1ccc(F)cc1. The molecule has 0 unspecified atom stereocenters. The lowest BCUT2D eigenvalue weighted by atomic mass is 10.1. The number of rotatable bonds is 4. The molecular formula is C18H11ClFN3O3S.